The van der Waals surface area contributed by atoms with Gasteiger partial charge in [-0.05, 0) is 6.08 Å². The molecule has 2 heterocycles. The average molecular weight is 251 g/mol. The van der Waals surface area contributed by atoms with E-state index in [-0.39, 0.29) is 18.6 Å². The van der Waals surface area contributed by atoms with Crippen LogP contribution in [0.4, 0.5) is 0 Å². The van der Waals surface area contributed by atoms with Gasteiger partial charge in [-0.15, -0.1) is 0 Å². The van der Waals surface area contributed by atoms with Gasteiger partial charge in [0.15, 0.2) is 0 Å². The molecule has 6 heteroatoms. The zero-order chi connectivity index (χ0) is 13.0. The summed E-state index contributed by atoms with van der Waals surface area (Å²) in [5, 5.41) is 13.2. The molecular formula is C12H17N3O3. The van der Waals surface area contributed by atoms with E-state index in [0.29, 0.717) is 19.8 Å². The summed E-state index contributed by atoms with van der Waals surface area (Å²) in [7, 11) is 1.82. The zero-order valence-electron chi connectivity index (χ0n) is 10.3. The number of carbonyl (C=O) groups excluding carboxylic acids is 1. The Balaban J connectivity index is 2.00. The van der Waals surface area contributed by atoms with Crippen molar-refractivity contribution in [3.63, 3.8) is 0 Å². The molecule has 1 N–H and O–H groups in total. The third-order valence-corrected chi connectivity index (χ3v) is 2.86. The minimum Gasteiger partial charge on any atom is -0.394 e. The molecule has 1 amide bonds. The van der Waals surface area contributed by atoms with Gasteiger partial charge in [0.25, 0.3) is 0 Å². The Labute approximate surface area is 105 Å². The highest BCUT2D eigenvalue weighted by atomic mass is 16.5. The third kappa shape index (κ3) is 2.96. The summed E-state index contributed by atoms with van der Waals surface area (Å²) in [5.74, 6) is -0.110. The lowest BCUT2D eigenvalue weighted by molar-refractivity contribution is -0.136. The minimum atomic E-state index is -0.246. The maximum atomic E-state index is 12.0. The van der Waals surface area contributed by atoms with E-state index in [0.717, 1.165) is 5.56 Å². The number of aryl methyl sites for hydroxylation is 1. The lowest BCUT2D eigenvalue weighted by atomic mass is 10.2. The molecule has 98 valence electrons. The number of aliphatic hydroxyl groups is 1. The maximum Gasteiger partial charge on any atom is 0.247 e. The fourth-order valence-electron chi connectivity index (χ4n) is 1.89. The Morgan fingerprint density at radius 2 is 2.56 bits per heavy atom. The topological polar surface area (TPSA) is 67.6 Å². The van der Waals surface area contributed by atoms with E-state index in [4.69, 9.17) is 4.74 Å². The predicted molar refractivity (Wildman–Crippen MR) is 65.6 cm³/mol. The summed E-state index contributed by atoms with van der Waals surface area (Å²) in [6, 6.07) is -0.246. The summed E-state index contributed by atoms with van der Waals surface area (Å²) in [6.45, 7) is 1.35. The van der Waals surface area contributed by atoms with E-state index in [1.165, 1.54) is 6.08 Å². The number of hydrogen-bond acceptors (Lipinski definition) is 4. The molecule has 0 aromatic carbocycles. The fraction of sp³-hybridized carbons (Fsp3) is 0.500. The molecule has 0 saturated carbocycles. The van der Waals surface area contributed by atoms with Crippen LogP contribution in [0, 0.1) is 0 Å². The van der Waals surface area contributed by atoms with Crippen LogP contribution in [-0.2, 0) is 16.6 Å². The van der Waals surface area contributed by atoms with Crippen LogP contribution < -0.4 is 0 Å². The summed E-state index contributed by atoms with van der Waals surface area (Å²) < 4.78 is 6.90. The lowest BCUT2D eigenvalue weighted by Crippen LogP contribution is -2.49. The van der Waals surface area contributed by atoms with Crippen LogP contribution in [0.15, 0.2) is 18.5 Å². The van der Waals surface area contributed by atoms with Gasteiger partial charge in [-0.25, -0.2) is 0 Å². The van der Waals surface area contributed by atoms with Crippen molar-refractivity contribution in [3.8, 4) is 0 Å². The second-order valence-electron chi connectivity index (χ2n) is 4.22. The first-order valence-corrected chi connectivity index (χ1v) is 5.86. The van der Waals surface area contributed by atoms with Gasteiger partial charge in [0, 0.05) is 31.4 Å². The Hall–Kier alpha value is -1.66. The van der Waals surface area contributed by atoms with E-state index in [1.54, 1.807) is 21.9 Å². The second kappa shape index (κ2) is 5.79. The zero-order valence-corrected chi connectivity index (χ0v) is 10.3. The van der Waals surface area contributed by atoms with Crippen LogP contribution in [0.25, 0.3) is 6.08 Å². The Morgan fingerprint density at radius 3 is 3.22 bits per heavy atom. The van der Waals surface area contributed by atoms with Crippen molar-refractivity contribution in [2.24, 2.45) is 7.05 Å². The molecule has 1 atom stereocenters. The Kier molecular flexibility index (Phi) is 4.11. The lowest BCUT2D eigenvalue weighted by Gasteiger charge is -2.33. The number of rotatable bonds is 3. The molecule has 1 aromatic heterocycles. The van der Waals surface area contributed by atoms with Crippen LogP contribution in [-0.4, -0.2) is 58.1 Å². The largest absolute Gasteiger partial charge is 0.394 e. The summed E-state index contributed by atoms with van der Waals surface area (Å²) in [6.07, 6.45) is 6.74. The van der Waals surface area contributed by atoms with E-state index in [9.17, 15) is 9.90 Å². The molecule has 1 aliphatic heterocycles. The summed E-state index contributed by atoms with van der Waals surface area (Å²) in [5.41, 5.74) is 0.875. The SMILES string of the molecule is Cn1cc(/C=C/C(=O)N2CCOCC2CO)cn1. The number of hydrogen-bond donors (Lipinski definition) is 1. The third-order valence-electron chi connectivity index (χ3n) is 2.86. The molecular weight excluding hydrogens is 234 g/mol. The minimum absolute atomic E-state index is 0.0769. The molecule has 0 radical (unpaired) electrons. The molecule has 1 saturated heterocycles. The maximum absolute atomic E-state index is 12.0. The van der Waals surface area contributed by atoms with Crippen LogP contribution in [0.3, 0.4) is 0 Å². The molecule has 1 aliphatic rings. The van der Waals surface area contributed by atoms with E-state index in [2.05, 4.69) is 5.10 Å². The molecule has 1 unspecified atom stereocenters. The van der Waals surface area contributed by atoms with Gasteiger partial charge in [0.05, 0.1) is 32.1 Å². The van der Waals surface area contributed by atoms with Crippen molar-refractivity contribution in [2.75, 3.05) is 26.4 Å². The summed E-state index contributed by atoms with van der Waals surface area (Å²) in [4.78, 5) is 13.6. The summed E-state index contributed by atoms with van der Waals surface area (Å²) >= 11 is 0. The van der Waals surface area contributed by atoms with Crippen molar-refractivity contribution in [1.82, 2.24) is 14.7 Å². The van der Waals surface area contributed by atoms with Crippen molar-refractivity contribution in [2.45, 2.75) is 6.04 Å². The molecule has 0 aliphatic carbocycles. The number of amides is 1. The first-order chi connectivity index (χ1) is 8.70. The molecule has 1 fully saturated rings. The van der Waals surface area contributed by atoms with Gasteiger partial charge >= 0.3 is 0 Å². The number of nitrogens with zero attached hydrogens (tertiary/aromatic N) is 3. The first-order valence-electron chi connectivity index (χ1n) is 5.86. The Morgan fingerprint density at radius 1 is 1.72 bits per heavy atom. The average Bonchev–Trinajstić information content (AvgIpc) is 2.81. The van der Waals surface area contributed by atoms with Crippen LogP contribution in [0.1, 0.15) is 5.56 Å². The van der Waals surface area contributed by atoms with Crippen molar-refractivity contribution in [1.29, 1.82) is 0 Å². The van der Waals surface area contributed by atoms with Gasteiger partial charge in [-0.1, -0.05) is 0 Å². The monoisotopic (exact) mass is 251 g/mol. The van der Waals surface area contributed by atoms with Crippen molar-refractivity contribution < 1.29 is 14.6 Å². The fourth-order valence-corrected chi connectivity index (χ4v) is 1.89. The van der Waals surface area contributed by atoms with Crippen LogP contribution >= 0.6 is 0 Å². The van der Waals surface area contributed by atoms with Gasteiger partial charge in [0.2, 0.25) is 5.91 Å². The molecule has 1 aromatic rings. The molecule has 6 nitrogen and oxygen atoms in total. The standard InChI is InChI=1S/C12H17N3O3/c1-14-7-10(6-13-14)2-3-12(17)15-4-5-18-9-11(15)8-16/h2-3,6-7,11,16H,4-5,8-9H2,1H3/b3-2+. The molecule has 2 rings (SSSR count). The van der Waals surface area contributed by atoms with E-state index < -0.39 is 0 Å². The molecule has 18 heavy (non-hydrogen) atoms. The van der Waals surface area contributed by atoms with Gasteiger partial charge in [-0.3, -0.25) is 9.48 Å². The smallest absolute Gasteiger partial charge is 0.247 e. The Bertz CT molecular complexity index is 442. The number of carbonyl (C=O) groups is 1. The van der Waals surface area contributed by atoms with Crippen LogP contribution in [0.2, 0.25) is 0 Å². The second-order valence-corrected chi connectivity index (χ2v) is 4.22. The number of morpholine rings is 1. The van der Waals surface area contributed by atoms with Crippen LogP contribution in [0.5, 0.6) is 0 Å². The van der Waals surface area contributed by atoms with Gasteiger partial charge in [0.1, 0.15) is 0 Å². The number of ether oxygens (including phenoxy) is 1. The first kappa shape index (κ1) is 12.8. The molecule has 0 bridgehead atoms. The van der Waals surface area contributed by atoms with E-state index in [1.807, 2.05) is 13.2 Å². The molecule has 0 spiro atoms. The highest BCUT2D eigenvalue weighted by Gasteiger charge is 2.24. The predicted octanol–water partition coefficient (Wildman–Crippen LogP) is -0.347. The quantitative estimate of drug-likeness (QED) is 0.746. The van der Waals surface area contributed by atoms with Gasteiger partial charge < -0.3 is 14.7 Å². The highest BCUT2D eigenvalue weighted by Crippen LogP contribution is 2.08. The van der Waals surface area contributed by atoms with Crippen molar-refractivity contribution >= 4 is 12.0 Å². The van der Waals surface area contributed by atoms with Crippen molar-refractivity contribution in [3.05, 3.63) is 24.0 Å². The normalized spacial score (nSPS) is 20.6. The number of aromatic nitrogens is 2. The number of aliphatic hydroxyl groups excluding tert-OH is 1. The van der Waals surface area contributed by atoms with Gasteiger partial charge in [-0.2, -0.15) is 5.10 Å². The van der Waals surface area contributed by atoms with E-state index >= 15 is 0 Å². The highest BCUT2D eigenvalue weighted by molar-refractivity contribution is 5.92.